The van der Waals surface area contributed by atoms with E-state index in [0.29, 0.717) is 10.0 Å². The molecule has 184 valence electrons. The molecule has 2 fully saturated rings. The number of aryl methyl sites for hydroxylation is 1. The SMILES string of the molecule is Cc1cc(C2C(c3ccccn3)NC(=S)N2CCN2CCOCC2)c(C)n1-c1ccc(Cl)cc1Cl. The number of thiocarbonyl (C=S) groups is 1. The van der Waals surface area contributed by atoms with Crippen LogP contribution in [0.5, 0.6) is 0 Å². The molecule has 2 aromatic heterocycles. The van der Waals surface area contributed by atoms with E-state index >= 15 is 0 Å². The number of nitrogens with one attached hydrogen (secondary N) is 1. The van der Waals surface area contributed by atoms with Crippen LogP contribution in [-0.4, -0.2) is 63.9 Å². The predicted molar refractivity (Wildman–Crippen MR) is 145 cm³/mol. The fourth-order valence-electron chi connectivity index (χ4n) is 5.18. The maximum absolute atomic E-state index is 6.61. The minimum absolute atomic E-state index is 0.00414. The third-order valence-electron chi connectivity index (χ3n) is 6.90. The molecule has 0 radical (unpaired) electrons. The second-order valence-electron chi connectivity index (χ2n) is 9.03. The van der Waals surface area contributed by atoms with Gasteiger partial charge in [-0.15, -0.1) is 0 Å². The Morgan fingerprint density at radius 2 is 1.89 bits per heavy atom. The number of morpholine rings is 1. The Morgan fingerprint density at radius 1 is 1.09 bits per heavy atom. The van der Waals surface area contributed by atoms with Crippen molar-refractivity contribution in [2.45, 2.75) is 25.9 Å². The van der Waals surface area contributed by atoms with Gasteiger partial charge in [0.15, 0.2) is 5.11 Å². The molecule has 2 aliphatic rings. The van der Waals surface area contributed by atoms with E-state index in [2.05, 4.69) is 50.6 Å². The van der Waals surface area contributed by atoms with Crippen molar-refractivity contribution in [2.75, 3.05) is 39.4 Å². The van der Waals surface area contributed by atoms with Crippen molar-refractivity contribution < 1.29 is 4.74 Å². The van der Waals surface area contributed by atoms with Crippen LogP contribution in [0, 0.1) is 13.8 Å². The molecule has 2 atom stereocenters. The first-order chi connectivity index (χ1) is 16.9. The summed E-state index contributed by atoms with van der Waals surface area (Å²) in [5.41, 5.74) is 5.33. The van der Waals surface area contributed by atoms with E-state index in [4.69, 9.17) is 40.2 Å². The maximum Gasteiger partial charge on any atom is 0.170 e. The molecule has 5 rings (SSSR count). The van der Waals surface area contributed by atoms with Gasteiger partial charge < -0.3 is 19.5 Å². The lowest BCUT2D eigenvalue weighted by molar-refractivity contribution is 0.0350. The molecule has 0 amide bonds. The molecule has 0 spiro atoms. The van der Waals surface area contributed by atoms with Gasteiger partial charge in [0.1, 0.15) is 0 Å². The molecule has 35 heavy (non-hydrogen) atoms. The number of pyridine rings is 1. The smallest absolute Gasteiger partial charge is 0.170 e. The Balaban J connectivity index is 1.54. The summed E-state index contributed by atoms with van der Waals surface area (Å²) in [5.74, 6) is 0. The molecule has 0 aliphatic carbocycles. The van der Waals surface area contributed by atoms with Crippen LogP contribution in [0.4, 0.5) is 0 Å². The van der Waals surface area contributed by atoms with Gasteiger partial charge in [-0.3, -0.25) is 9.88 Å². The normalized spacial score (nSPS) is 20.9. The summed E-state index contributed by atoms with van der Waals surface area (Å²) < 4.78 is 7.72. The van der Waals surface area contributed by atoms with Crippen molar-refractivity contribution in [3.05, 3.63) is 81.4 Å². The van der Waals surface area contributed by atoms with Crippen molar-refractivity contribution in [1.29, 1.82) is 0 Å². The number of ether oxygens (including phenoxy) is 1. The zero-order chi connectivity index (χ0) is 24.5. The number of benzene rings is 1. The van der Waals surface area contributed by atoms with Crippen LogP contribution >= 0.6 is 35.4 Å². The zero-order valence-corrected chi connectivity index (χ0v) is 22.2. The van der Waals surface area contributed by atoms with Gasteiger partial charge in [-0.25, -0.2) is 0 Å². The summed E-state index contributed by atoms with van der Waals surface area (Å²) in [6.45, 7) is 9.47. The highest BCUT2D eigenvalue weighted by atomic mass is 35.5. The fraction of sp³-hybridized carbons (Fsp3) is 0.385. The summed E-state index contributed by atoms with van der Waals surface area (Å²) >= 11 is 18.7. The third-order valence-corrected chi connectivity index (χ3v) is 7.79. The Kier molecular flexibility index (Phi) is 7.32. The molecule has 2 saturated heterocycles. The Bertz CT molecular complexity index is 1210. The Hall–Kier alpha value is -2.16. The molecule has 0 saturated carbocycles. The van der Waals surface area contributed by atoms with Gasteiger partial charge in [-0.2, -0.15) is 0 Å². The first kappa shape index (κ1) is 24.5. The van der Waals surface area contributed by atoms with Crippen LogP contribution in [-0.2, 0) is 4.74 Å². The number of halogens is 2. The molecule has 6 nitrogen and oxygen atoms in total. The molecular formula is C26H29Cl2N5OS. The quantitative estimate of drug-likeness (QED) is 0.448. The maximum atomic E-state index is 6.61. The molecule has 3 aromatic rings. The van der Waals surface area contributed by atoms with Crippen LogP contribution in [0.2, 0.25) is 10.0 Å². The van der Waals surface area contributed by atoms with Gasteiger partial charge in [0.25, 0.3) is 0 Å². The number of nitrogens with zero attached hydrogens (tertiary/aromatic N) is 4. The van der Waals surface area contributed by atoms with Gasteiger partial charge >= 0.3 is 0 Å². The fourth-order valence-corrected chi connectivity index (χ4v) is 6.00. The number of aromatic nitrogens is 2. The minimum Gasteiger partial charge on any atom is -0.379 e. The lowest BCUT2D eigenvalue weighted by atomic mass is 9.96. The van der Waals surface area contributed by atoms with E-state index < -0.39 is 0 Å². The van der Waals surface area contributed by atoms with Crippen LogP contribution in [0.1, 0.15) is 34.7 Å². The average molecular weight is 531 g/mol. The second-order valence-corrected chi connectivity index (χ2v) is 10.3. The largest absolute Gasteiger partial charge is 0.379 e. The van der Waals surface area contributed by atoms with Crippen molar-refractivity contribution in [3.63, 3.8) is 0 Å². The van der Waals surface area contributed by atoms with Crippen LogP contribution in [0.3, 0.4) is 0 Å². The standard InChI is InChI=1S/C26H29Cl2N5OS/c1-17-15-20(18(2)33(17)23-7-6-19(27)16-21(23)28)25-24(22-5-3-4-8-29-22)30-26(35)32(25)10-9-31-11-13-34-14-12-31/h3-8,15-16,24-25H,9-14H2,1-2H3,(H,30,35). The highest BCUT2D eigenvalue weighted by molar-refractivity contribution is 7.80. The van der Waals surface area contributed by atoms with E-state index in [1.165, 1.54) is 5.56 Å². The number of hydrogen-bond donors (Lipinski definition) is 1. The third kappa shape index (κ3) is 4.93. The molecule has 2 unspecified atom stereocenters. The van der Waals surface area contributed by atoms with E-state index in [1.54, 1.807) is 6.07 Å². The Morgan fingerprint density at radius 3 is 2.60 bits per heavy atom. The lowest BCUT2D eigenvalue weighted by Crippen LogP contribution is -2.42. The topological polar surface area (TPSA) is 45.6 Å². The summed E-state index contributed by atoms with van der Waals surface area (Å²) in [4.78, 5) is 9.44. The zero-order valence-electron chi connectivity index (χ0n) is 19.9. The van der Waals surface area contributed by atoms with Crippen LogP contribution in [0.15, 0.2) is 48.7 Å². The van der Waals surface area contributed by atoms with Crippen LogP contribution in [0.25, 0.3) is 5.69 Å². The van der Waals surface area contributed by atoms with E-state index in [0.717, 1.165) is 67.3 Å². The molecular weight excluding hydrogens is 501 g/mol. The van der Waals surface area contributed by atoms with E-state index in [-0.39, 0.29) is 12.1 Å². The van der Waals surface area contributed by atoms with Gasteiger partial charge in [-0.1, -0.05) is 29.3 Å². The first-order valence-electron chi connectivity index (χ1n) is 11.9. The first-order valence-corrected chi connectivity index (χ1v) is 13.0. The van der Waals surface area contributed by atoms with Crippen molar-refractivity contribution >= 4 is 40.5 Å². The molecule has 0 bridgehead atoms. The van der Waals surface area contributed by atoms with E-state index in [1.807, 2.05) is 30.5 Å². The molecule has 2 aliphatic heterocycles. The van der Waals surface area contributed by atoms with E-state index in [9.17, 15) is 0 Å². The Labute approximate surface area is 221 Å². The van der Waals surface area contributed by atoms with Crippen LogP contribution < -0.4 is 5.32 Å². The molecule has 4 heterocycles. The van der Waals surface area contributed by atoms with Crippen molar-refractivity contribution in [2.24, 2.45) is 0 Å². The van der Waals surface area contributed by atoms with Crippen molar-refractivity contribution in [1.82, 2.24) is 24.7 Å². The van der Waals surface area contributed by atoms with Gasteiger partial charge in [0.05, 0.1) is 41.7 Å². The monoisotopic (exact) mass is 529 g/mol. The number of hydrogen-bond acceptors (Lipinski definition) is 4. The highest BCUT2D eigenvalue weighted by Gasteiger charge is 2.41. The molecule has 9 heteroatoms. The highest BCUT2D eigenvalue weighted by Crippen LogP contribution is 2.42. The minimum atomic E-state index is -0.0528. The summed E-state index contributed by atoms with van der Waals surface area (Å²) in [5, 5.41) is 5.57. The van der Waals surface area contributed by atoms with Gasteiger partial charge in [0, 0.05) is 48.8 Å². The lowest BCUT2D eigenvalue weighted by Gasteiger charge is -2.32. The predicted octanol–water partition coefficient (Wildman–Crippen LogP) is 5.10. The van der Waals surface area contributed by atoms with Gasteiger partial charge in [-0.05, 0) is 68.0 Å². The second kappa shape index (κ2) is 10.4. The number of rotatable bonds is 6. The van der Waals surface area contributed by atoms with Gasteiger partial charge in [0.2, 0.25) is 0 Å². The summed E-state index contributed by atoms with van der Waals surface area (Å²) in [6, 6.07) is 13.9. The summed E-state index contributed by atoms with van der Waals surface area (Å²) in [6.07, 6.45) is 1.84. The molecule has 1 aromatic carbocycles. The summed E-state index contributed by atoms with van der Waals surface area (Å²) in [7, 11) is 0. The van der Waals surface area contributed by atoms with Crippen molar-refractivity contribution in [3.8, 4) is 5.69 Å². The molecule has 1 N–H and O–H groups in total. The average Bonchev–Trinajstić information content (AvgIpc) is 3.34.